The van der Waals surface area contributed by atoms with Crippen LogP contribution in [0.15, 0.2) is 30.3 Å². The summed E-state index contributed by atoms with van der Waals surface area (Å²) in [6.07, 6.45) is 1.66. The average Bonchev–Trinajstić information content (AvgIpc) is 3.16. The summed E-state index contributed by atoms with van der Waals surface area (Å²) in [5.41, 5.74) is -0.980. The van der Waals surface area contributed by atoms with E-state index in [0.717, 1.165) is 12.8 Å². The van der Waals surface area contributed by atoms with Gasteiger partial charge in [0.25, 0.3) is 6.47 Å². The van der Waals surface area contributed by atoms with Crippen molar-refractivity contribution in [3.8, 4) is 0 Å². The van der Waals surface area contributed by atoms with Gasteiger partial charge in [-0.25, -0.2) is 14.4 Å². The molecule has 2 amide bonds. The SMILES string of the molecule is CNC(=O)N1CCC2CCN([C@H](C(=O)OC(=O)c3ccccc3)C(C)(C)OC=O)C2C1. The highest BCUT2D eigenvalue weighted by Gasteiger charge is 2.51. The van der Waals surface area contributed by atoms with Crippen LogP contribution in [0.3, 0.4) is 0 Å². The van der Waals surface area contributed by atoms with Crippen molar-refractivity contribution in [3.05, 3.63) is 35.9 Å². The second-order valence-corrected chi connectivity index (χ2v) is 8.44. The zero-order chi connectivity index (χ0) is 22.6. The Morgan fingerprint density at radius 2 is 1.84 bits per heavy atom. The topological polar surface area (TPSA) is 105 Å². The van der Waals surface area contributed by atoms with Crippen LogP contribution < -0.4 is 5.32 Å². The predicted octanol–water partition coefficient (Wildman–Crippen LogP) is 1.43. The van der Waals surface area contributed by atoms with Crippen LogP contribution in [0.25, 0.3) is 0 Å². The minimum Gasteiger partial charge on any atom is -0.460 e. The number of carbonyl (C=O) groups excluding carboxylic acids is 4. The largest absolute Gasteiger partial charge is 0.460 e. The van der Waals surface area contributed by atoms with Gasteiger partial charge in [-0.15, -0.1) is 0 Å². The quantitative estimate of drug-likeness (QED) is 0.413. The molecule has 0 aromatic heterocycles. The number of urea groups is 1. The Kier molecular flexibility index (Phi) is 6.94. The van der Waals surface area contributed by atoms with Gasteiger partial charge in [-0.3, -0.25) is 9.69 Å². The molecular weight excluding hydrogens is 402 g/mol. The molecule has 2 aliphatic heterocycles. The molecule has 3 rings (SSSR count). The van der Waals surface area contributed by atoms with Crippen LogP contribution in [0.4, 0.5) is 4.79 Å². The van der Waals surface area contributed by atoms with Crippen LogP contribution in [0, 0.1) is 5.92 Å². The number of nitrogens with zero attached hydrogens (tertiary/aromatic N) is 2. The number of carbonyl (C=O) groups is 4. The van der Waals surface area contributed by atoms with E-state index in [0.29, 0.717) is 32.0 Å². The zero-order valence-corrected chi connectivity index (χ0v) is 18.1. The van der Waals surface area contributed by atoms with Gasteiger partial charge in [0.15, 0.2) is 0 Å². The second-order valence-electron chi connectivity index (χ2n) is 8.44. The Morgan fingerprint density at radius 3 is 2.48 bits per heavy atom. The fourth-order valence-corrected chi connectivity index (χ4v) is 4.62. The first kappa shape index (κ1) is 22.7. The lowest BCUT2D eigenvalue weighted by molar-refractivity contribution is -0.164. The first-order valence-corrected chi connectivity index (χ1v) is 10.4. The van der Waals surface area contributed by atoms with Crippen molar-refractivity contribution in [2.75, 3.05) is 26.7 Å². The Balaban J connectivity index is 1.85. The highest BCUT2D eigenvalue weighted by Crippen LogP contribution is 2.36. The lowest BCUT2D eigenvalue weighted by Gasteiger charge is -2.43. The van der Waals surface area contributed by atoms with Gasteiger partial charge in [-0.05, 0) is 51.3 Å². The number of hydrogen-bond donors (Lipinski definition) is 1. The molecule has 1 N–H and O–H groups in total. The van der Waals surface area contributed by atoms with Crippen LogP contribution in [-0.4, -0.2) is 78.6 Å². The number of nitrogens with one attached hydrogen (secondary N) is 1. The molecule has 2 fully saturated rings. The first-order chi connectivity index (χ1) is 14.8. The van der Waals surface area contributed by atoms with Gasteiger partial charge >= 0.3 is 18.0 Å². The number of esters is 2. The lowest BCUT2D eigenvalue weighted by atomic mass is 9.90. The Bertz CT molecular complexity index is 828. The highest BCUT2D eigenvalue weighted by molar-refractivity contribution is 5.98. The maximum atomic E-state index is 13.2. The van der Waals surface area contributed by atoms with Crippen molar-refractivity contribution in [2.45, 2.75) is 44.4 Å². The summed E-state index contributed by atoms with van der Waals surface area (Å²) >= 11 is 0. The van der Waals surface area contributed by atoms with E-state index in [-0.39, 0.29) is 17.6 Å². The fourth-order valence-electron chi connectivity index (χ4n) is 4.62. The van der Waals surface area contributed by atoms with Gasteiger partial charge in [0.05, 0.1) is 5.56 Å². The molecule has 0 bridgehead atoms. The number of ether oxygens (including phenoxy) is 2. The highest BCUT2D eigenvalue weighted by atomic mass is 16.6. The van der Waals surface area contributed by atoms with E-state index in [4.69, 9.17) is 9.47 Å². The van der Waals surface area contributed by atoms with Crippen molar-refractivity contribution < 1.29 is 28.7 Å². The molecule has 1 aromatic rings. The third kappa shape index (κ3) is 4.87. The molecule has 0 spiro atoms. The summed E-state index contributed by atoms with van der Waals surface area (Å²) in [5.74, 6) is -1.24. The van der Waals surface area contributed by atoms with E-state index < -0.39 is 23.6 Å². The normalized spacial score (nSPS) is 22.2. The zero-order valence-electron chi connectivity index (χ0n) is 18.1. The van der Waals surface area contributed by atoms with Crippen LogP contribution in [0.5, 0.6) is 0 Å². The standard InChI is InChI=1S/C22H29N3O6/c1-22(2,30-14-26)18(20(28)31-19(27)16-7-5-4-6-8-16)25-12-10-15-9-11-24(13-17(15)25)21(29)23-3/h4-8,14-15,17-18H,9-13H2,1-3H3,(H,23,29)/t15?,17?,18-/m1/s1. The summed E-state index contributed by atoms with van der Waals surface area (Å²) in [6, 6.07) is 6.96. The Hall–Kier alpha value is -2.94. The van der Waals surface area contributed by atoms with E-state index in [9.17, 15) is 19.2 Å². The molecule has 0 radical (unpaired) electrons. The minimum absolute atomic E-state index is 0.107. The fraction of sp³-hybridized carbons (Fsp3) is 0.545. The summed E-state index contributed by atoms with van der Waals surface area (Å²) in [4.78, 5) is 52.6. The number of amides is 2. The second kappa shape index (κ2) is 9.47. The summed E-state index contributed by atoms with van der Waals surface area (Å²) in [7, 11) is 1.58. The van der Waals surface area contributed by atoms with E-state index in [2.05, 4.69) is 5.32 Å². The molecule has 1 aromatic carbocycles. The number of benzene rings is 1. The van der Waals surface area contributed by atoms with Crippen molar-refractivity contribution in [3.63, 3.8) is 0 Å². The lowest BCUT2D eigenvalue weighted by Crippen LogP contribution is -2.61. The van der Waals surface area contributed by atoms with E-state index in [1.807, 2.05) is 4.90 Å². The van der Waals surface area contributed by atoms with Crippen LogP contribution in [0.2, 0.25) is 0 Å². The van der Waals surface area contributed by atoms with Crippen molar-refractivity contribution in [1.82, 2.24) is 15.1 Å². The molecule has 2 heterocycles. The molecule has 2 unspecified atom stereocenters. The summed E-state index contributed by atoms with van der Waals surface area (Å²) in [5, 5.41) is 2.64. The summed E-state index contributed by atoms with van der Waals surface area (Å²) < 4.78 is 10.5. The van der Waals surface area contributed by atoms with Gasteiger partial charge in [0, 0.05) is 26.2 Å². The predicted molar refractivity (Wildman–Crippen MR) is 111 cm³/mol. The molecule has 31 heavy (non-hydrogen) atoms. The monoisotopic (exact) mass is 431 g/mol. The Morgan fingerprint density at radius 1 is 1.16 bits per heavy atom. The molecule has 9 heteroatoms. The van der Waals surface area contributed by atoms with Gasteiger partial charge in [0.2, 0.25) is 0 Å². The van der Waals surface area contributed by atoms with Crippen LogP contribution in [-0.2, 0) is 19.1 Å². The van der Waals surface area contributed by atoms with Gasteiger partial charge in [-0.1, -0.05) is 18.2 Å². The molecule has 9 nitrogen and oxygen atoms in total. The Labute approximate surface area is 181 Å². The summed E-state index contributed by atoms with van der Waals surface area (Å²) in [6.45, 7) is 5.19. The van der Waals surface area contributed by atoms with E-state index in [1.54, 1.807) is 56.1 Å². The number of piperidine rings is 1. The maximum absolute atomic E-state index is 13.2. The molecule has 0 aliphatic carbocycles. The molecule has 3 atom stereocenters. The van der Waals surface area contributed by atoms with E-state index in [1.165, 1.54) is 0 Å². The van der Waals surface area contributed by atoms with Crippen molar-refractivity contribution >= 4 is 24.4 Å². The van der Waals surface area contributed by atoms with Gasteiger partial charge < -0.3 is 19.7 Å². The van der Waals surface area contributed by atoms with Crippen LogP contribution in [0.1, 0.15) is 37.0 Å². The minimum atomic E-state index is -1.24. The third-order valence-corrected chi connectivity index (χ3v) is 6.17. The first-order valence-electron chi connectivity index (χ1n) is 10.4. The number of hydrogen-bond acceptors (Lipinski definition) is 7. The van der Waals surface area contributed by atoms with Crippen molar-refractivity contribution in [1.29, 1.82) is 0 Å². The van der Waals surface area contributed by atoms with Crippen LogP contribution >= 0.6 is 0 Å². The molecule has 0 saturated carbocycles. The molecule has 168 valence electrons. The van der Waals surface area contributed by atoms with Gasteiger partial charge in [0.1, 0.15) is 11.6 Å². The number of rotatable bonds is 6. The maximum Gasteiger partial charge on any atom is 0.345 e. The van der Waals surface area contributed by atoms with Crippen molar-refractivity contribution in [2.24, 2.45) is 5.92 Å². The molecular formula is C22H29N3O6. The average molecular weight is 431 g/mol. The molecule has 2 saturated heterocycles. The number of fused-ring (bicyclic) bond motifs is 1. The smallest absolute Gasteiger partial charge is 0.345 e. The third-order valence-electron chi connectivity index (χ3n) is 6.17. The van der Waals surface area contributed by atoms with Gasteiger partial charge in [-0.2, -0.15) is 0 Å². The van der Waals surface area contributed by atoms with E-state index >= 15 is 0 Å². The molecule has 2 aliphatic rings. The number of likely N-dealkylation sites (tertiary alicyclic amines) is 2.